The van der Waals surface area contributed by atoms with Gasteiger partial charge in [-0.15, -0.1) is 0 Å². The number of nitrogens with one attached hydrogen (secondary N) is 2. The highest BCUT2D eigenvalue weighted by molar-refractivity contribution is 6.05. The molecule has 246 valence electrons. The van der Waals surface area contributed by atoms with Crippen molar-refractivity contribution in [2.24, 2.45) is 0 Å². The Bertz CT molecular complexity index is 2090. The zero-order valence-corrected chi connectivity index (χ0v) is 26.7. The number of anilines is 2. The van der Waals surface area contributed by atoms with Gasteiger partial charge in [0.1, 0.15) is 0 Å². The number of piperidine rings is 1. The molecule has 1 aliphatic heterocycles. The van der Waals surface area contributed by atoms with Gasteiger partial charge in [0.25, 0.3) is 11.5 Å². The van der Waals surface area contributed by atoms with Gasteiger partial charge < -0.3 is 15.5 Å². The maximum Gasteiger partial charge on any atom is 0.416 e. The number of aryl methyl sites for hydroxylation is 2. The van der Waals surface area contributed by atoms with Crippen molar-refractivity contribution in [3.05, 3.63) is 118 Å². The summed E-state index contributed by atoms with van der Waals surface area (Å²) in [7, 11) is 0. The van der Waals surface area contributed by atoms with Gasteiger partial charge in [-0.1, -0.05) is 24.3 Å². The average molecular weight is 654 g/mol. The minimum absolute atomic E-state index is 0.0529. The molecule has 8 nitrogen and oxygen atoms in total. The topological polar surface area (TPSA) is 96.3 Å². The zero-order chi connectivity index (χ0) is 34.2. The Morgan fingerprint density at radius 3 is 2.29 bits per heavy atom. The average Bonchev–Trinajstić information content (AvgIpc) is 3.05. The first kappa shape index (κ1) is 32.5. The third kappa shape index (κ3) is 6.80. The molecule has 1 fully saturated rings. The number of alkyl halides is 3. The summed E-state index contributed by atoms with van der Waals surface area (Å²) in [4.78, 5) is 45.3. The lowest BCUT2D eigenvalue weighted by molar-refractivity contribution is -0.137. The van der Waals surface area contributed by atoms with Gasteiger partial charge in [-0.25, -0.2) is 0 Å². The minimum atomic E-state index is -4.67. The minimum Gasteiger partial charge on any atom is -0.371 e. The Hall–Kier alpha value is -5.45. The van der Waals surface area contributed by atoms with Crippen molar-refractivity contribution in [2.45, 2.75) is 45.8 Å². The van der Waals surface area contributed by atoms with Crippen molar-refractivity contribution in [2.75, 3.05) is 23.3 Å². The Labute approximate surface area is 275 Å². The number of hydrogen-bond acceptors (Lipinski definition) is 5. The van der Waals surface area contributed by atoms with E-state index in [2.05, 4.69) is 15.6 Å². The quantitative estimate of drug-likeness (QED) is 0.205. The number of pyridine rings is 2. The van der Waals surface area contributed by atoms with Crippen LogP contribution in [0.5, 0.6) is 0 Å². The van der Waals surface area contributed by atoms with Crippen molar-refractivity contribution < 1.29 is 22.8 Å². The number of carbonyl (C=O) groups is 2. The van der Waals surface area contributed by atoms with Crippen molar-refractivity contribution >= 4 is 34.1 Å². The van der Waals surface area contributed by atoms with E-state index in [9.17, 15) is 27.6 Å². The number of nitrogens with zero attached hydrogens (tertiary/aromatic N) is 3. The number of amides is 2. The number of hydrogen-bond donors (Lipinski definition) is 2. The third-order valence-electron chi connectivity index (χ3n) is 8.60. The first-order chi connectivity index (χ1) is 22.9. The molecule has 1 aliphatic rings. The molecule has 0 aliphatic carbocycles. The van der Waals surface area contributed by atoms with E-state index < -0.39 is 17.6 Å². The monoisotopic (exact) mass is 653 g/mol. The van der Waals surface area contributed by atoms with Gasteiger partial charge in [-0.2, -0.15) is 13.2 Å². The molecule has 0 saturated carbocycles. The Morgan fingerprint density at radius 1 is 0.875 bits per heavy atom. The van der Waals surface area contributed by atoms with Crippen LogP contribution < -0.4 is 21.1 Å². The molecule has 48 heavy (non-hydrogen) atoms. The fourth-order valence-electron chi connectivity index (χ4n) is 6.19. The van der Waals surface area contributed by atoms with Crippen molar-refractivity contribution in [1.29, 1.82) is 0 Å². The van der Waals surface area contributed by atoms with Gasteiger partial charge in [-0.3, -0.25) is 23.9 Å². The molecule has 5 aromatic rings. The highest BCUT2D eigenvalue weighted by Gasteiger charge is 2.33. The molecule has 6 rings (SSSR count). The summed E-state index contributed by atoms with van der Waals surface area (Å²) in [5, 5.41) is 6.35. The van der Waals surface area contributed by atoms with Crippen LogP contribution in [0.1, 0.15) is 46.9 Å². The Morgan fingerprint density at radius 2 is 1.60 bits per heavy atom. The number of fused-ring (bicyclic) bond motifs is 1. The van der Waals surface area contributed by atoms with Gasteiger partial charge in [0.05, 0.1) is 11.1 Å². The molecule has 11 heteroatoms. The molecule has 2 aromatic heterocycles. The van der Waals surface area contributed by atoms with Crippen LogP contribution in [0.4, 0.5) is 24.5 Å². The molecule has 2 N–H and O–H groups in total. The van der Waals surface area contributed by atoms with E-state index in [1.54, 1.807) is 39.9 Å². The second kappa shape index (κ2) is 13.0. The third-order valence-corrected chi connectivity index (χ3v) is 8.60. The standard InChI is InChI=1S/C37H34F3N5O3/c1-22-9-10-29(20-32(22)33-18-26-21-41-23(2)15-34(26)45(36(33)48)30-7-5-4-6-8-30)43-35(47)25-16-27(37(38,39)40)19-31(17-25)44-13-11-28(12-14-44)42-24(3)46/h4-10,15-21,28H,11-14H2,1-3H3,(H,42,46)(H,43,47). The Balaban J connectivity index is 1.35. The summed E-state index contributed by atoms with van der Waals surface area (Å²) in [5.41, 5.74) is 3.11. The van der Waals surface area contributed by atoms with Crippen LogP contribution in [0.25, 0.3) is 27.7 Å². The summed E-state index contributed by atoms with van der Waals surface area (Å²) < 4.78 is 43.6. The van der Waals surface area contributed by atoms with Crippen LogP contribution in [0.2, 0.25) is 0 Å². The normalized spacial score (nSPS) is 13.8. The number of para-hydroxylation sites is 1. The predicted octanol–water partition coefficient (Wildman–Crippen LogP) is 7.05. The van der Waals surface area contributed by atoms with E-state index in [0.29, 0.717) is 53.9 Å². The maximum atomic E-state index is 14.1. The largest absolute Gasteiger partial charge is 0.416 e. The van der Waals surface area contributed by atoms with Gasteiger partial charge in [-0.05, 0) is 92.4 Å². The predicted molar refractivity (Wildman–Crippen MR) is 181 cm³/mol. The number of aromatic nitrogens is 2. The van der Waals surface area contributed by atoms with E-state index in [0.717, 1.165) is 28.8 Å². The lowest BCUT2D eigenvalue weighted by Gasteiger charge is -2.34. The second-order valence-corrected chi connectivity index (χ2v) is 12.1. The summed E-state index contributed by atoms with van der Waals surface area (Å²) in [6.07, 6.45) is -1.82. The van der Waals surface area contributed by atoms with Crippen LogP contribution in [0.15, 0.2) is 89.9 Å². The maximum absolute atomic E-state index is 14.1. The number of halogens is 3. The van der Waals surface area contributed by atoms with E-state index in [-0.39, 0.29) is 28.8 Å². The van der Waals surface area contributed by atoms with Gasteiger partial charge in [0.2, 0.25) is 5.91 Å². The first-order valence-corrected chi connectivity index (χ1v) is 15.6. The molecule has 0 unspecified atom stereocenters. The number of rotatable bonds is 6. The highest BCUT2D eigenvalue weighted by Crippen LogP contribution is 2.35. The number of benzene rings is 3. The molecule has 0 bridgehead atoms. The summed E-state index contributed by atoms with van der Waals surface area (Å²) in [6.45, 7) is 5.99. The molecule has 3 aromatic carbocycles. The Kier molecular flexibility index (Phi) is 8.79. The van der Waals surface area contributed by atoms with Crippen molar-refractivity contribution in [1.82, 2.24) is 14.9 Å². The van der Waals surface area contributed by atoms with Crippen molar-refractivity contribution in [3.63, 3.8) is 0 Å². The van der Waals surface area contributed by atoms with Gasteiger partial charge in [0.15, 0.2) is 0 Å². The smallest absolute Gasteiger partial charge is 0.371 e. The fraction of sp³-hybridized carbons (Fsp3) is 0.243. The van der Waals surface area contributed by atoms with Crippen LogP contribution in [-0.2, 0) is 11.0 Å². The summed E-state index contributed by atoms with van der Waals surface area (Å²) in [5.74, 6) is -0.870. The number of carbonyl (C=O) groups excluding carboxylic acids is 2. The van der Waals surface area contributed by atoms with Crippen LogP contribution in [0.3, 0.4) is 0 Å². The summed E-state index contributed by atoms with van der Waals surface area (Å²) in [6, 6.07) is 21.2. The second-order valence-electron chi connectivity index (χ2n) is 12.1. The lowest BCUT2D eigenvalue weighted by Crippen LogP contribution is -2.44. The molecule has 1 saturated heterocycles. The zero-order valence-electron chi connectivity index (χ0n) is 26.7. The van der Waals surface area contributed by atoms with E-state index in [4.69, 9.17) is 0 Å². The molecule has 3 heterocycles. The van der Waals surface area contributed by atoms with E-state index in [1.165, 1.54) is 13.0 Å². The van der Waals surface area contributed by atoms with Gasteiger partial charge >= 0.3 is 6.18 Å². The lowest BCUT2D eigenvalue weighted by atomic mass is 9.99. The molecule has 0 spiro atoms. The molecular formula is C37H34F3N5O3. The molecule has 2 amide bonds. The van der Waals surface area contributed by atoms with Crippen LogP contribution in [0, 0.1) is 13.8 Å². The van der Waals surface area contributed by atoms with Crippen molar-refractivity contribution in [3.8, 4) is 16.8 Å². The SMILES string of the molecule is CC(=O)NC1CCN(c2cc(C(=O)Nc3ccc(C)c(-c4cc5cnc(C)cc5n(-c5ccccc5)c4=O)c3)cc(C(F)(F)F)c2)CC1. The van der Waals surface area contributed by atoms with Gasteiger partial charge in [0, 0.05) is 71.5 Å². The molecule has 0 atom stereocenters. The highest BCUT2D eigenvalue weighted by atomic mass is 19.4. The fourth-order valence-corrected chi connectivity index (χ4v) is 6.19. The van der Waals surface area contributed by atoms with E-state index in [1.807, 2.05) is 50.2 Å². The molecule has 0 radical (unpaired) electrons. The van der Waals surface area contributed by atoms with Crippen LogP contribution >= 0.6 is 0 Å². The first-order valence-electron chi connectivity index (χ1n) is 15.6. The van der Waals surface area contributed by atoms with E-state index >= 15 is 0 Å². The summed E-state index contributed by atoms with van der Waals surface area (Å²) >= 11 is 0. The molecular weight excluding hydrogens is 619 g/mol. The van der Waals surface area contributed by atoms with Crippen LogP contribution in [-0.4, -0.2) is 40.5 Å².